The van der Waals surface area contributed by atoms with E-state index in [0.29, 0.717) is 0 Å². The van der Waals surface area contributed by atoms with Gasteiger partial charge in [-0.25, -0.2) is 0 Å². The quantitative estimate of drug-likeness (QED) is 0.485. The van der Waals surface area contributed by atoms with Crippen molar-refractivity contribution in [3.8, 4) is 0 Å². The van der Waals surface area contributed by atoms with Crippen molar-refractivity contribution in [2.24, 2.45) is 5.73 Å². The molecule has 0 aliphatic heterocycles. The minimum atomic E-state index is 0. The number of hydrogen-bond acceptors (Lipinski definition) is 1. The van der Waals surface area contributed by atoms with E-state index < -0.39 is 0 Å². The summed E-state index contributed by atoms with van der Waals surface area (Å²) < 4.78 is 0.823. The zero-order valence-corrected chi connectivity index (χ0v) is 9.83. The third-order valence-electron chi connectivity index (χ3n) is 2.54. The average molecular weight is 215 g/mol. The summed E-state index contributed by atoms with van der Waals surface area (Å²) in [5.74, 6) is 0. The Kier molecular flexibility index (Phi) is 5.13. The number of rotatable bonds is 3. The molecule has 0 aliphatic rings. The van der Waals surface area contributed by atoms with E-state index in [0.717, 1.165) is 11.0 Å². The van der Waals surface area contributed by atoms with Crippen molar-refractivity contribution in [3.63, 3.8) is 0 Å². The Bertz CT molecular complexity index is 257. The zero-order chi connectivity index (χ0) is 9.90. The van der Waals surface area contributed by atoms with Gasteiger partial charge in [0.25, 0.3) is 0 Å². The highest BCUT2D eigenvalue weighted by atomic mass is 35.5. The van der Waals surface area contributed by atoms with Crippen LogP contribution in [0.4, 0.5) is 0 Å². The second-order valence-electron chi connectivity index (χ2n) is 4.16. The van der Waals surface area contributed by atoms with Crippen molar-refractivity contribution in [1.29, 1.82) is 0 Å². The molecule has 0 saturated carbocycles. The second kappa shape index (κ2) is 5.35. The molecule has 0 amide bonds. The first-order valence-electron chi connectivity index (χ1n) is 4.64. The topological polar surface area (TPSA) is 26.0 Å². The van der Waals surface area contributed by atoms with Crippen LogP contribution in [0.3, 0.4) is 0 Å². The van der Waals surface area contributed by atoms with Crippen LogP contribution in [0.2, 0.25) is 0 Å². The van der Waals surface area contributed by atoms with Gasteiger partial charge in [0, 0.05) is 12.5 Å². The highest BCUT2D eigenvalue weighted by Gasteiger charge is 2.19. The standard InChI is InChI=1S/C11H19N2.ClH/c1-10(12)13(2,3)9-11-7-5-4-6-8-11;/h4-8,10H,9,12H2,1-3H3;1H/q+1;/p-1. The van der Waals surface area contributed by atoms with Crippen LogP contribution in [-0.4, -0.2) is 24.7 Å². The van der Waals surface area contributed by atoms with Gasteiger partial charge in [0.1, 0.15) is 12.7 Å². The van der Waals surface area contributed by atoms with E-state index in [9.17, 15) is 0 Å². The first-order valence-corrected chi connectivity index (χ1v) is 4.64. The Labute approximate surface area is 92.7 Å². The molecule has 3 heteroatoms. The van der Waals surface area contributed by atoms with Gasteiger partial charge in [0.15, 0.2) is 0 Å². The summed E-state index contributed by atoms with van der Waals surface area (Å²) in [5.41, 5.74) is 7.23. The van der Waals surface area contributed by atoms with Crippen LogP contribution in [-0.2, 0) is 6.54 Å². The van der Waals surface area contributed by atoms with Gasteiger partial charge < -0.3 is 16.9 Å². The Morgan fingerprint density at radius 3 is 2.14 bits per heavy atom. The number of hydrogen-bond donors (Lipinski definition) is 1. The summed E-state index contributed by atoms with van der Waals surface area (Å²) in [6.07, 6.45) is 0.167. The minimum Gasteiger partial charge on any atom is -1.00 e. The molecular weight excluding hydrogens is 196 g/mol. The fraction of sp³-hybridized carbons (Fsp3) is 0.455. The fourth-order valence-corrected chi connectivity index (χ4v) is 1.20. The van der Waals surface area contributed by atoms with Gasteiger partial charge in [-0.15, -0.1) is 0 Å². The van der Waals surface area contributed by atoms with E-state index in [1.54, 1.807) is 0 Å². The number of quaternary nitrogens is 1. The van der Waals surface area contributed by atoms with Gasteiger partial charge >= 0.3 is 0 Å². The Hall–Kier alpha value is -0.570. The molecule has 1 aromatic rings. The molecule has 0 radical (unpaired) electrons. The third-order valence-corrected chi connectivity index (χ3v) is 2.54. The van der Waals surface area contributed by atoms with E-state index in [1.165, 1.54) is 5.56 Å². The Morgan fingerprint density at radius 1 is 1.21 bits per heavy atom. The van der Waals surface area contributed by atoms with Crippen LogP contribution in [0.15, 0.2) is 30.3 Å². The normalized spacial score (nSPS) is 13.1. The molecule has 14 heavy (non-hydrogen) atoms. The smallest absolute Gasteiger partial charge is 0.137 e. The minimum absolute atomic E-state index is 0. The molecule has 0 bridgehead atoms. The van der Waals surface area contributed by atoms with Gasteiger partial charge in [-0.1, -0.05) is 30.3 Å². The first kappa shape index (κ1) is 13.4. The molecule has 0 aromatic heterocycles. The molecule has 0 aliphatic carbocycles. The van der Waals surface area contributed by atoms with E-state index in [-0.39, 0.29) is 18.6 Å². The lowest BCUT2D eigenvalue weighted by Crippen LogP contribution is -3.00. The molecular formula is C11H19ClN2. The van der Waals surface area contributed by atoms with Crippen LogP contribution in [0.1, 0.15) is 12.5 Å². The van der Waals surface area contributed by atoms with Crippen LogP contribution in [0, 0.1) is 0 Å². The van der Waals surface area contributed by atoms with Crippen molar-refractivity contribution < 1.29 is 16.9 Å². The van der Waals surface area contributed by atoms with Crippen molar-refractivity contribution in [2.75, 3.05) is 14.1 Å². The van der Waals surface area contributed by atoms with Gasteiger partial charge in [-0.05, 0) is 0 Å². The Balaban J connectivity index is 0.00000169. The fourth-order valence-electron chi connectivity index (χ4n) is 1.20. The van der Waals surface area contributed by atoms with Crippen LogP contribution in [0.25, 0.3) is 0 Å². The van der Waals surface area contributed by atoms with Crippen molar-refractivity contribution in [1.82, 2.24) is 0 Å². The van der Waals surface area contributed by atoms with Crippen LogP contribution < -0.4 is 18.1 Å². The monoisotopic (exact) mass is 214 g/mol. The van der Waals surface area contributed by atoms with Crippen molar-refractivity contribution in [2.45, 2.75) is 19.6 Å². The highest BCUT2D eigenvalue weighted by Crippen LogP contribution is 2.10. The van der Waals surface area contributed by atoms with Crippen LogP contribution in [0.5, 0.6) is 0 Å². The van der Waals surface area contributed by atoms with Gasteiger partial charge in [-0.2, -0.15) is 0 Å². The van der Waals surface area contributed by atoms with E-state index in [4.69, 9.17) is 5.73 Å². The number of benzene rings is 1. The van der Waals surface area contributed by atoms with E-state index in [2.05, 4.69) is 38.4 Å². The van der Waals surface area contributed by atoms with Gasteiger partial charge in [0.2, 0.25) is 0 Å². The van der Waals surface area contributed by atoms with Gasteiger partial charge in [0.05, 0.1) is 14.1 Å². The number of nitrogens with two attached hydrogens (primary N) is 1. The lowest BCUT2D eigenvalue weighted by atomic mass is 10.2. The maximum absolute atomic E-state index is 5.89. The third kappa shape index (κ3) is 3.66. The predicted octanol–water partition coefficient (Wildman–Crippen LogP) is -1.43. The SMILES string of the molecule is CC(N)[N+](C)(C)Cc1ccccc1.[Cl-]. The van der Waals surface area contributed by atoms with Crippen LogP contribution >= 0.6 is 0 Å². The molecule has 0 heterocycles. The lowest BCUT2D eigenvalue weighted by molar-refractivity contribution is -0.925. The molecule has 2 N–H and O–H groups in total. The van der Waals surface area contributed by atoms with E-state index >= 15 is 0 Å². The van der Waals surface area contributed by atoms with Crippen molar-refractivity contribution >= 4 is 0 Å². The summed E-state index contributed by atoms with van der Waals surface area (Å²) in [6, 6.07) is 10.5. The molecule has 0 fully saturated rings. The number of nitrogens with zero attached hydrogens (tertiary/aromatic N) is 1. The highest BCUT2D eigenvalue weighted by molar-refractivity contribution is 5.13. The molecule has 0 spiro atoms. The van der Waals surface area contributed by atoms with Crippen molar-refractivity contribution in [3.05, 3.63) is 35.9 Å². The molecule has 1 unspecified atom stereocenters. The summed E-state index contributed by atoms with van der Waals surface area (Å²) in [7, 11) is 4.30. The Morgan fingerprint density at radius 2 is 1.71 bits per heavy atom. The molecule has 1 atom stereocenters. The summed E-state index contributed by atoms with van der Waals surface area (Å²) >= 11 is 0. The summed E-state index contributed by atoms with van der Waals surface area (Å²) in [5, 5.41) is 0. The maximum Gasteiger partial charge on any atom is 0.137 e. The molecule has 1 aromatic carbocycles. The molecule has 0 saturated heterocycles. The lowest BCUT2D eigenvalue weighted by Gasteiger charge is -2.33. The maximum atomic E-state index is 5.89. The largest absolute Gasteiger partial charge is 1.00 e. The number of halogens is 1. The summed E-state index contributed by atoms with van der Waals surface area (Å²) in [6.45, 7) is 3.03. The summed E-state index contributed by atoms with van der Waals surface area (Å²) in [4.78, 5) is 0. The molecule has 2 nitrogen and oxygen atoms in total. The average Bonchev–Trinajstić information content (AvgIpc) is 2.05. The molecule has 80 valence electrons. The van der Waals surface area contributed by atoms with E-state index in [1.807, 2.05) is 13.0 Å². The predicted molar refractivity (Wildman–Crippen MR) is 55.9 cm³/mol. The zero-order valence-electron chi connectivity index (χ0n) is 9.07. The second-order valence-corrected chi connectivity index (χ2v) is 4.16. The molecule has 1 rings (SSSR count). The van der Waals surface area contributed by atoms with Gasteiger partial charge in [-0.3, -0.25) is 5.73 Å². The first-order chi connectivity index (χ1) is 6.02.